The summed E-state index contributed by atoms with van der Waals surface area (Å²) in [5.41, 5.74) is -0.365. The Kier molecular flexibility index (Phi) is 6.59. The van der Waals surface area contributed by atoms with E-state index in [1.807, 2.05) is 0 Å². The molecule has 1 aromatic heterocycles. The molecule has 0 aliphatic carbocycles. The third-order valence-corrected chi connectivity index (χ3v) is 5.12. The lowest BCUT2D eigenvalue weighted by Gasteiger charge is -2.14. The molecule has 3 aromatic rings. The van der Waals surface area contributed by atoms with Crippen molar-refractivity contribution in [2.24, 2.45) is 0 Å². The smallest absolute Gasteiger partial charge is 0.339 e. The van der Waals surface area contributed by atoms with E-state index in [-0.39, 0.29) is 17.2 Å². The second-order valence-electron chi connectivity index (χ2n) is 6.12. The predicted molar refractivity (Wildman–Crippen MR) is 115 cm³/mol. The summed E-state index contributed by atoms with van der Waals surface area (Å²) in [5, 5.41) is 15.3. The molecule has 0 unspecified atom stereocenters. The van der Waals surface area contributed by atoms with Gasteiger partial charge in [-0.1, -0.05) is 35.9 Å². The average Bonchev–Trinajstić information content (AvgIpc) is 3.21. The molecule has 0 aliphatic rings. The summed E-state index contributed by atoms with van der Waals surface area (Å²) in [6.07, 6.45) is -1.96. The molecule has 0 saturated heterocycles. The summed E-state index contributed by atoms with van der Waals surface area (Å²) in [7, 11) is 0. The maximum Gasteiger partial charge on any atom is 0.416 e. The predicted octanol–water partition coefficient (Wildman–Crippen LogP) is 6.51. The Morgan fingerprint density at radius 1 is 1.03 bits per heavy atom. The Balaban J connectivity index is 1.81. The van der Waals surface area contributed by atoms with Gasteiger partial charge in [-0.3, -0.25) is 10.2 Å². The second kappa shape index (κ2) is 9.15. The third-order valence-electron chi connectivity index (χ3n) is 3.88. The van der Waals surface area contributed by atoms with E-state index in [0.29, 0.717) is 15.5 Å². The number of amidine groups is 1. The SMILES string of the molecule is N=C(Nc1cc(NC(=O)/C=C/c2ccccc2Cl)cc(C(F)(F)F)c1)c1cccs1. The largest absolute Gasteiger partial charge is 0.416 e. The Hall–Kier alpha value is -3.10. The van der Waals surface area contributed by atoms with Gasteiger partial charge in [0, 0.05) is 22.5 Å². The van der Waals surface area contributed by atoms with Crippen LogP contribution < -0.4 is 10.6 Å². The summed E-state index contributed by atoms with van der Waals surface area (Å²) in [4.78, 5) is 12.8. The number of amides is 1. The van der Waals surface area contributed by atoms with Crippen LogP contribution in [0.2, 0.25) is 5.02 Å². The molecule has 0 atom stereocenters. The van der Waals surface area contributed by atoms with Gasteiger partial charge in [-0.05, 0) is 47.4 Å². The van der Waals surface area contributed by atoms with E-state index < -0.39 is 17.6 Å². The number of rotatable bonds is 5. The number of carbonyl (C=O) groups is 1. The van der Waals surface area contributed by atoms with Crippen LogP contribution in [0.3, 0.4) is 0 Å². The van der Waals surface area contributed by atoms with E-state index in [1.54, 1.807) is 41.8 Å². The molecule has 0 radical (unpaired) electrons. The van der Waals surface area contributed by atoms with Gasteiger partial charge in [0.25, 0.3) is 0 Å². The van der Waals surface area contributed by atoms with Crippen molar-refractivity contribution in [3.8, 4) is 0 Å². The van der Waals surface area contributed by atoms with Crippen molar-refractivity contribution >= 4 is 52.1 Å². The van der Waals surface area contributed by atoms with Crippen LogP contribution in [-0.4, -0.2) is 11.7 Å². The van der Waals surface area contributed by atoms with Crippen molar-refractivity contribution in [1.82, 2.24) is 0 Å². The van der Waals surface area contributed by atoms with Crippen molar-refractivity contribution < 1.29 is 18.0 Å². The topological polar surface area (TPSA) is 65.0 Å². The van der Waals surface area contributed by atoms with E-state index in [2.05, 4.69) is 10.6 Å². The fraction of sp³-hybridized carbons (Fsp3) is 0.0476. The zero-order valence-electron chi connectivity index (χ0n) is 15.3. The number of halogens is 4. The molecule has 0 bridgehead atoms. The molecular formula is C21H15ClF3N3OS. The number of hydrogen-bond acceptors (Lipinski definition) is 3. The van der Waals surface area contributed by atoms with Crippen molar-refractivity contribution in [1.29, 1.82) is 5.41 Å². The minimum Gasteiger partial charge on any atom is -0.339 e. The zero-order valence-corrected chi connectivity index (χ0v) is 16.8. The molecule has 30 heavy (non-hydrogen) atoms. The third kappa shape index (κ3) is 5.71. The minimum absolute atomic E-state index is 0.0357. The van der Waals surface area contributed by atoms with Gasteiger partial charge in [-0.15, -0.1) is 11.3 Å². The molecule has 154 valence electrons. The highest BCUT2D eigenvalue weighted by atomic mass is 35.5. The molecule has 3 rings (SSSR count). The van der Waals surface area contributed by atoms with E-state index in [1.165, 1.54) is 29.6 Å². The van der Waals surface area contributed by atoms with E-state index in [4.69, 9.17) is 17.0 Å². The second-order valence-corrected chi connectivity index (χ2v) is 7.47. The highest BCUT2D eigenvalue weighted by Gasteiger charge is 2.31. The zero-order chi connectivity index (χ0) is 21.7. The van der Waals surface area contributed by atoms with Crippen molar-refractivity contribution in [3.63, 3.8) is 0 Å². The van der Waals surface area contributed by atoms with Gasteiger partial charge in [-0.2, -0.15) is 13.2 Å². The number of hydrogen-bond donors (Lipinski definition) is 3. The van der Waals surface area contributed by atoms with Crippen LogP contribution in [0, 0.1) is 5.41 Å². The molecule has 0 spiro atoms. The van der Waals surface area contributed by atoms with Crippen LogP contribution in [0.25, 0.3) is 6.08 Å². The van der Waals surface area contributed by atoms with Gasteiger partial charge in [0.05, 0.1) is 10.4 Å². The Bertz CT molecular complexity index is 1100. The van der Waals surface area contributed by atoms with Crippen molar-refractivity contribution in [2.45, 2.75) is 6.18 Å². The van der Waals surface area contributed by atoms with E-state index in [9.17, 15) is 18.0 Å². The van der Waals surface area contributed by atoms with Gasteiger partial charge in [0.15, 0.2) is 0 Å². The number of benzene rings is 2. The lowest BCUT2D eigenvalue weighted by molar-refractivity contribution is -0.137. The standard InChI is InChI=1S/C21H15ClF3N3OS/c22-17-5-2-1-4-13(17)7-8-19(29)27-15-10-14(21(23,24)25)11-16(12-15)28-20(26)18-6-3-9-30-18/h1-12H,(H2,26,28)(H,27,29)/b8-7+. The summed E-state index contributed by atoms with van der Waals surface area (Å²) < 4.78 is 39.9. The van der Waals surface area contributed by atoms with Gasteiger partial charge < -0.3 is 10.6 Å². The quantitative estimate of drug-likeness (QED) is 0.236. The number of carbonyl (C=O) groups excluding carboxylic acids is 1. The van der Waals surface area contributed by atoms with Crippen LogP contribution in [0.15, 0.2) is 66.1 Å². The molecule has 0 aliphatic heterocycles. The molecule has 1 heterocycles. The minimum atomic E-state index is -4.62. The first kappa shape index (κ1) is 21.6. The van der Waals surface area contributed by atoms with Gasteiger partial charge in [-0.25, -0.2) is 0 Å². The maximum atomic E-state index is 13.3. The number of nitrogens with one attached hydrogen (secondary N) is 3. The molecule has 4 nitrogen and oxygen atoms in total. The number of thiophene rings is 1. The first-order valence-electron chi connectivity index (χ1n) is 8.58. The van der Waals surface area contributed by atoms with Crippen LogP contribution >= 0.6 is 22.9 Å². The lowest BCUT2D eigenvalue weighted by Crippen LogP contribution is -2.14. The molecule has 3 N–H and O–H groups in total. The number of alkyl halides is 3. The monoisotopic (exact) mass is 449 g/mol. The Morgan fingerprint density at radius 2 is 1.73 bits per heavy atom. The van der Waals surface area contributed by atoms with E-state index >= 15 is 0 Å². The first-order chi connectivity index (χ1) is 14.2. The summed E-state index contributed by atoms with van der Waals surface area (Å²) in [6.45, 7) is 0. The van der Waals surface area contributed by atoms with Crippen LogP contribution in [-0.2, 0) is 11.0 Å². The molecule has 9 heteroatoms. The fourth-order valence-electron chi connectivity index (χ4n) is 2.52. The summed E-state index contributed by atoms with van der Waals surface area (Å²) in [6, 6.07) is 13.3. The normalized spacial score (nSPS) is 11.5. The highest BCUT2D eigenvalue weighted by molar-refractivity contribution is 7.12. The van der Waals surface area contributed by atoms with E-state index in [0.717, 1.165) is 12.1 Å². The van der Waals surface area contributed by atoms with Gasteiger partial charge in [0.1, 0.15) is 5.84 Å². The van der Waals surface area contributed by atoms with Gasteiger partial charge >= 0.3 is 6.18 Å². The molecule has 0 fully saturated rings. The average molecular weight is 450 g/mol. The van der Waals surface area contributed by atoms with Crippen molar-refractivity contribution in [3.05, 3.63) is 87.1 Å². The fourth-order valence-corrected chi connectivity index (χ4v) is 3.35. The number of anilines is 2. The molecule has 1 amide bonds. The lowest BCUT2D eigenvalue weighted by atomic mass is 10.1. The van der Waals surface area contributed by atoms with Crippen LogP contribution in [0.4, 0.5) is 24.5 Å². The molecule has 0 saturated carbocycles. The maximum absolute atomic E-state index is 13.3. The van der Waals surface area contributed by atoms with Gasteiger partial charge in [0.2, 0.25) is 5.91 Å². The molecule has 2 aromatic carbocycles. The Morgan fingerprint density at radius 3 is 2.37 bits per heavy atom. The highest BCUT2D eigenvalue weighted by Crippen LogP contribution is 2.33. The van der Waals surface area contributed by atoms with Crippen LogP contribution in [0.1, 0.15) is 16.0 Å². The Labute approximate surface area is 179 Å². The van der Waals surface area contributed by atoms with Crippen molar-refractivity contribution in [2.75, 3.05) is 10.6 Å². The first-order valence-corrected chi connectivity index (χ1v) is 9.83. The van der Waals surface area contributed by atoms with Crippen LogP contribution in [0.5, 0.6) is 0 Å². The molecular weight excluding hydrogens is 435 g/mol. The summed E-state index contributed by atoms with van der Waals surface area (Å²) in [5.74, 6) is -0.659. The summed E-state index contributed by atoms with van der Waals surface area (Å²) >= 11 is 7.30.